The molecule has 2 fully saturated rings. The summed E-state index contributed by atoms with van der Waals surface area (Å²) in [6, 6.07) is 0. The lowest BCUT2D eigenvalue weighted by atomic mass is 9.70. The third-order valence-corrected chi connectivity index (χ3v) is 7.92. The van der Waals surface area contributed by atoms with Crippen LogP contribution in [0.4, 0.5) is 0 Å². The van der Waals surface area contributed by atoms with Crippen LogP contribution < -0.4 is 0 Å². The van der Waals surface area contributed by atoms with Gasteiger partial charge in [0.05, 0.1) is 6.61 Å². The Labute approximate surface area is 191 Å². The van der Waals surface area contributed by atoms with Crippen LogP contribution in [0.15, 0.2) is 23.3 Å². The number of carbonyl (C=O) groups excluding carboxylic acids is 2. The van der Waals surface area contributed by atoms with Crippen molar-refractivity contribution in [3.8, 4) is 11.5 Å². The maximum absolute atomic E-state index is 13.4. The lowest BCUT2D eigenvalue weighted by Crippen LogP contribution is -2.33. The van der Waals surface area contributed by atoms with Gasteiger partial charge in [-0.3, -0.25) is 4.79 Å². The summed E-state index contributed by atoms with van der Waals surface area (Å²) >= 11 is 0. The highest BCUT2D eigenvalue weighted by Gasteiger charge is 2.60. The van der Waals surface area contributed by atoms with Crippen LogP contribution in [0.5, 0.6) is 0 Å². The zero-order valence-corrected chi connectivity index (χ0v) is 21.7. The molecule has 0 aromatic heterocycles. The molecule has 2 rings (SSSR count). The molecule has 0 amide bonds. The summed E-state index contributed by atoms with van der Waals surface area (Å²) in [5.41, 5.74) is 5.71. The fourth-order valence-corrected chi connectivity index (χ4v) is 5.66. The Morgan fingerprint density at radius 1 is 1.16 bits per heavy atom. The average molecular weight is 443 g/mol. The monoisotopic (exact) mass is 442 g/mol. The van der Waals surface area contributed by atoms with Gasteiger partial charge in [0, 0.05) is 24.2 Å². The van der Waals surface area contributed by atoms with Gasteiger partial charge in [-0.1, -0.05) is 56.8 Å². The standard InChI is InChI=1S/C27H42O3Si/c1-20(13-9-17-28)11-8-12-21(2)15-16-27(4)23(14-10-18-31(5,6)7)24-22(3)19-30-25(24)26(27)29/h11,15,17,22-25H,8-9,12-14,16,19H2,1-7H3/b20-11+,21-15+/t22-,23-,24-,25-,27+/m1/s1. The molecule has 1 aliphatic carbocycles. The van der Waals surface area contributed by atoms with Gasteiger partial charge in [0.25, 0.3) is 0 Å². The summed E-state index contributed by atoms with van der Waals surface area (Å²) in [5.74, 6) is 4.74. The van der Waals surface area contributed by atoms with Crippen molar-refractivity contribution in [1.29, 1.82) is 0 Å². The molecule has 5 atom stereocenters. The Kier molecular flexibility index (Phi) is 9.10. The highest BCUT2D eigenvalue weighted by Crippen LogP contribution is 2.54. The molecule has 0 radical (unpaired) electrons. The summed E-state index contributed by atoms with van der Waals surface area (Å²) in [6.45, 7) is 16.1. The van der Waals surface area contributed by atoms with Crippen molar-refractivity contribution >= 4 is 20.1 Å². The van der Waals surface area contributed by atoms with Crippen LogP contribution in [0.3, 0.4) is 0 Å². The predicted octanol–water partition coefficient (Wildman–Crippen LogP) is 6.16. The molecule has 1 aliphatic heterocycles. The fourth-order valence-electron chi connectivity index (χ4n) is 5.03. The van der Waals surface area contributed by atoms with E-state index in [-0.39, 0.29) is 17.8 Å². The van der Waals surface area contributed by atoms with Crippen molar-refractivity contribution < 1.29 is 14.3 Å². The highest BCUT2D eigenvalue weighted by molar-refractivity contribution is 6.83. The maximum Gasteiger partial charge on any atom is 0.168 e. The minimum absolute atomic E-state index is 0.240. The Morgan fingerprint density at radius 3 is 2.45 bits per heavy atom. The number of aldehydes is 1. The van der Waals surface area contributed by atoms with E-state index in [1.54, 1.807) is 0 Å². The summed E-state index contributed by atoms with van der Waals surface area (Å²) < 4.78 is 5.96. The molecule has 4 heteroatoms. The van der Waals surface area contributed by atoms with Crippen molar-refractivity contribution in [2.24, 2.45) is 23.2 Å². The van der Waals surface area contributed by atoms with E-state index < -0.39 is 13.5 Å². The molecular formula is C27H42O3Si. The molecule has 0 bridgehead atoms. The molecule has 0 aromatic rings. The zero-order chi connectivity index (χ0) is 23.2. The third kappa shape index (κ3) is 6.77. The van der Waals surface area contributed by atoms with Gasteiger partial charge >= 0.3 is 0 Å². The van der Waals surface area contributed by atoms with Gasteiger partial charge in [0.2, 0.25) is 0 Å². The number of ether oxygens (including phenoxy) is 1. The fraction of sp³-hybridized carbons (Fsp3) is 0.704. The molecule has 1 saturated carbocycles. The van der Waals surface area contributed by atoms with Crippen molar-refractivity contribution in [2.75, 3.05) is 6.61 Å². The Bertz CT molecular complexity index is 777. The van der Waals surface area contributed by atoms with E-state index in [9.17, 15) is 9.59 Å². The van der Waals surface area contributed by atoms with Crippen molar-refractivity contribution in [3.63, 3.8) is 0 Å². The molecule has 3 nitrogen and oxygen atoms in total. The van der Waals surface area contributed by atoms with Crippen LogP contribution in [0, 0.1) is 34.6 Å². The SMILES string of the molecule is C/C(=C\CC/C(C)=C/C[C@]1(C)C(=O)[C@@H]2OC[C@@H](C)[C@@H]2[C@H]1CC#C[Si](C)(C)C)CCC=O. The van der Waals surface area contributed by atoms with Crippen LogP contribution in [-0.4, -0.2) is 32.9 Å². The number of fused-ring (bicyclic) bond motifs is 1. The number of hydrogen-bond acceptors (Lipinski definition) is 3. The summed E-state index contributed by atoms with van der Waals surface area (Å²) in [6.07, 6.45) is 10.2. The quantitative estimate of drug-likeness (QED) is 0.186. The normalized spacial score (nSPS) is 31.4. The predicted molar refractivity (Wildman–Crippen MR) is 131 cm³/mol. The van der Waals surface area contributed by atoms with E-state index in [0.29, 0.717) is 24.9 Å². The third-order valence-electron chi connectivity index (χ3n) is 7.00. The minimum Gasteiger partial charge on any atom is -0.370 e. The first-order chi connectivity index (χ1) is 14.5. The van der Waals surface area contributed by atoms with E-state index in [4.69, 9.17) is 4.74 Å². The van der Waals surface area contributed by atoms with E-state index >= 15 is 0 Å². The second-order valence-corrected chi connectivity index (χ2v) is 15.8. The molecule has 1 heterocycles. The molecule has 0 spiro atoms. The Morgan fingerprint density at radius 2 is 1.81 bits per heavy atom. The van der Waals surface area contributed by atoms with Crippen molar-refractivity contribution in [3.05, 3.63) is 23.3 Å². The van der Waals surface area contributed by atoms with Gasteiger partial charge < -0.3 is 9.53 Å². The molecule has 0 unspecified atom stereocenters. The van der Waals surface area contributed by atoms with E-state index in [2.05, 4.69) is 71.0 Å². The number of ketones is 1. The number of carbonyl (C=O) groups is 2. The summed E-state index contributed by atoms with van der Waals surface area (Å²) in [4.78, 5) is 23.9. The zero-order valence-electron chi connectivity index (χ0n) is 20.7. The second-order valence-electron chi connectivity index (χ2n) is 11.0. The first-order valence-corrected chi connectivity index (χ1v) is 15.4. The van der Waals surface area contributed by atoms with Crippen LogP contribution in [0.1, 0.15) is 66.2 Å². The van der Waals surface area contributed by atoms with E-state index in [1.165, 1.54) is 11.1 Å². The van der Waals surface area contributed by atoms with Crippen LogP contribution in [-0.2, 0) is 14.3 Å². The molecule has 172 valence electrons. The average Bonchev–Trinajstić information content (AvgIpc) is 3.16. The maximum atomic E-state index is 13.4. The lowest BCUT2D eigenvalue weighted by molar-refractivity contribution is -0.134. The van der Waals surface area contributed by atoms with Gasteiger partial charge in [0.15, 0.2) is 5.78 Å². The topological polar surface area (TPSA) is 43.4 Å². The Balaban J connectivity index is 2.11. The van der Waals surface area contributed by atoms with E-state index in [1.807, 2.05) is 0 Å². The first-order valence-electron chi connectivity index (χ1n) is 11.9. The van der Waals surface area contributed by atoms with Gasteiger partial charge in [0.1, 0.15) is 20.5 Å². The molecular weight excluding hydrogens is 400 g/mol. The van der Waals surface area contributed by atoms with Crippen LogP contribution >= 0.6 is 0 Å². The van der Waals surface area contributed by atoms with Gasteiger partial charge in [-0.05, 0) is 51.4 Å². The molecule has 2 aliphatic rings. The summed E-state index contributed by atoms with van der Waals surface area (Å²) in [5, 5.41) is 0. The highest BCUT2D eigenvalue weighted by atomic mass is 28.3. The van der Waals surface area contributed by atoms with Crippen molar-refractivity contribution in [2.45, 2.75) is 92.0 Å². The molecule has 0 aromatic carbocycles. The summed E-state index contributed by atoms with van der Waals surface area (Å²) in [7, 11) is -1.43. The number of Topliss-reactive ketones (excluding diaryl/α,β-unsaturated/α-hetero) is 1. The van der Waals surface area contributed by atoms with Crippen LogP contribution in [0.2, 0.25) is 19.6 Å². The van der Waals surface area contributed by atoms with Crippen LogP contribution in [0.25, 0.3) is 0 Å². The molecule has 31 heavy (non-hydrogen) atoms. The lowest BCUT2D eigenvalue weighted by Gasteiger charge is -2.32. The molecule has 1 saturated heterocycles. The second kappa shape index (κ2) is 10.9. The number of hydrogen-bond donors (Lipinski definition) is 0. The van der Waals surface area contributed by atoms with Crippen molar-refractivity contribution in [1.82, 2.24) is 0 Å². The first kappa shape index (κ1) is 25.8. The smallest absolute Gasteiger partial charge is 0.168 e. The van der Waals surface area contributed by atoms with E-state index in [0.717, 1.165) is 38.4 Å². The number of rotatable bonds is 9. The molecule has 0 N–H and O–H groups in total. The minimum atomic E-state index is -1.43. The Hall–Kier alpha value is -1.44. The van der Waals surface area contributed by atoms with Gasteiger partial charge in [-0.25, -0.2) is 0 Å². The van der Waals surface area contributed by atoms with Gasteiger partial charge in [-0.2, -0.15) is 0 Å². The van der Waals surface area contributed by atoms with Gasteiger partial charge in [-0.15, -0.1) is 11.5 Å². The largest absolute Gasteiger partial charge is 0.370 e. The number of allylic oxidation sites excluding steroid dienone is 4.